The topological polar surface area (TPSA) is 89.4 Å². The van der Waals surface area contributed by atoms with Crippen LogP contribution in [0.4, 0.5) is 17.1 Å². The zero-order valence-electron chi connectivity index (χ0n) is 21.0. The number of carbonyl (C=O) groups is 2. The van der Waals surface area contributed by atoms with E-state index in [1.807, 2.05) is 0 Å². The molecule has 1 atom stereocenters. The number of nitrogens with two attached hydrogens (primary N) is 2. The molecule has 0 bridgehead atoms. The van der Waals surface area contributed by atoms with Crippen LogP contribution in [-0.4, -0.2) is 11.8 Å². The molecule has 0 aliphatic carbocycles. The Hall–Kier alpha value is -2.04. The Morgan fingerprint density at radius 3 is 1.58 bits per heavy atom. The molecule has 33 heavy (non-hydrogen) atoms. The zero-order valence-corrected chi connectivity index (χ0v) is 21.0. The normalized spacial score (nSPS) is 16.2. The number of benzene rings is 1. The van der Waals surface area contributed by atoms with Crippen molar-refractivity contribution >= 4 is 28.9 Å². The summed E-state index contributed by atoms with van der Waals surface area (Å²) in [7, 11) is 0. The lowest BCUT2D eigenvalue weighted by molar-refractivity contribution is -0.122. The minimum atomic E-state index is -0.202. The number of nitrogens with zero attached hydrogens (tertiary/aromatic N) is 1. The SMILES string of the molecule is CCCCCCCCCCCCCCCCCCC1CC(=O)N(c2cc(N)cc(N)c2)C1=O. The highest BCUT2D eigenvalue weighted by atomic mass is 16.2. The molecule has 0 aromatic heterocycles. The lowest BCUT2D eigenvalue weighted by Crippen LogP contribution is -2.30. The van der Waals surface area contributed by atoms with Gasteiger partial charge in [-0.05, 0) is 24.6 Å². The maximum absolute atomic E-state index is 12.8. The lowest BCUT2D eigenvalue weighted by Gasteiger charge is -2.16. The van der Waals surface area contributed by atoms with Crippen molar-refractivity contribution in [2.24, 2.45) is 5.92 Å². The van der Waals surface area contributed by atoms with Crippen LogP contribution in [0.25, 0.3) is 0 Å². The predicted molar refractivity (Wildman–Crippen MR) is 140 cm³/mol. The number of carbonyl (C=O) groups excluding carboxylic acids is 2. The van der Waals surface area contributed by atoms with Crippen LogP contribution in [0.5, 0.6) is 0 Å². The van der Waals surface area contributed by atoms with Gasteiger partial charge in [0, 0.05) is 23.7 Å². The zero-order chi connectivity index (χ0) is 23.9. The van der Waals surface area contributed by atoms with Gasteiger partial charge in [0.25, 0.3) is 0 Å². The third kappa shape index (κ3) is 10.2. The molecule has 0 saturated carbocycles. The molecular weight excluding hydrogens is 410 g/mol. The van der Waals surface area contributed by atoms with Crippen LogP contribution in [0.3, 0.4) is 0 Å². The van der Waals surface area contributed by atoms with Crippen molar-refractivity contribution in [3.8, 4) is 0 Å². The highest BCUT2D eigenvalue weighted by Crippen LogP contribution is 2.32. The van der Waals surface area contributed by atoms with Crippen LogP contribution in [0.15, 0.2) is 18.2 Å². The second kappa shape index (κ2) is 15.7. The van der Waals surface area contributed by atoms with Crippen molar-refractivity contribution in [2.75, 3.05) is 16.4 Å². The number of rotatable bonds is 18. The fraction of sp³-hybridized carbons (Fsp3) is 0.714. The Morgan fingerprint density at radius 2 is 1.12 bits per heavy atom. The van der Waals surface area contributed by atoms with Gasteiger partial charge in [0.1, 0.15) is 0 Å². The largest absolute Gasteiger partial charge is 0.399 e. The highest BCUT2D eigenvalue weighted by molar-refractivity contribution is 6.21. The van der Waals surface area contributed by atoms with E-state index in [2.05, 4.69) is 6.92 Å². The van der Waals surface area contributed by atoms with Crippen LogP contribution in [0.1, 0.15) is 122 Å². The maximum atomic E-state index is 12.8. The van der Waals surface area contributed by atoms with Gasteiger partial charge >= 0.3 is 0 Å². The molecule has 1 aliphatic heterocycles. The summed E-state index contributed by atoms with van der Waals surface area (Å²) < 4.78 is 0. The smallest absolute Gasteiger partial charge is 0.237 e. The number of imide groups is 1. The molecule has 2 rings (SSSR count). The maximum Gasteiger partial charge on any atom is 0.237 e. The fourth-order valence-electron chi connectivity index (χ4n) is 4.92. The number of nitrogen functional groups attached to an aromatic ring is 2. The molecule has 1 fully saturated rings. The van der Waals surface area contributed by atoms with E-state index in [1.165, 1.54) is 94.8 Å². The van der Waals surface area contributed by atoms with Crippen LogP contribution in [-0.2, 0) is 9.59 Å². The number of amides is 2. The first-order valence-corrected chi connectivity index (χ1v) is 13.6. The molecule has 1 unspecified atom stereocenters. The molecule has 1 aromatic rings. The summed E-state index contributed by atoms with van der Waals surface area (Å²) in [5, 5.41) is 0. The molecule has 0 spiro atoms. The van der Waals surface area contributed by atoms with E-state index in [0.29, 0.717) is 23.5 Å². The number of hydrogen-bond donors (Lipinski definition) is 2. The Labute approximate surface area is 201 Å². The Bertz CT molecular complexity index is 699. The van der Waals surface area contributed by atoms with E-state index in [1.54, 1.807) is 18.2 Å². The van der Waals surface area contributed by atoms with Crippen LogP contribution >= 0.6 is 0 Å². The molecule has 4 N–H and O–H groups in total. The summed E-state index contributed by atoms with van der Waals surface area (Å²) >= 11 is 0. The monoisotopic (exact) mass is 457 g/mol. The van der Waals surface area contributed by atoms with Crippen molar-refractivity contribution < 1.29 is 9.59 Å². The van der Waals surface area contributed by atoms with Crippen molar-refractivity contribution in [3.63, 3.8) is 0 Å². The summed E-state index contributed by atoms with van der Waals surface area (Å²) in [5.74, 6) is -0.454. The summed E-state index contributed by atoms with van der Waals surface area (Å²) in [6, 6.07) is 4.91. The minimum Gasteiger partial charge on any atom is -0.399 e. The third-order valence-corrected chi connectivity index (χ3v) is 6.87. The van der Waals surface area contributed by atoms with E-state index < -0.39 is 0 Å². The molecule has 1 aromatic carbocycles. The minimum absolute atomic E-state index is 0.106. The quantitative estimate of drug-likeness (QED) is 0.137. The summed E-state index contributed by atoms with van der Waals surface area (Å²) in [4.78, 5) is 26.4. The van der Waals surface area contributed by atoms with Crippen molar-refractivity contribution in [2.45, 2.75) is 122 Å². The molecule has 1 saturated heterocycles. The van der Waals surface area contributed by atoms with Gasteiger partial charge in [-0.1, -0.05) is 110 Å². The van der Waals surface area contributed by atoms with Crippen molar-refractivity contribution in [3.05, 3.63) is 18.2 Å². The van der Waals surface area contributed by atoms with Gasteiger partial charge in [-0.2, -0.15) is 0 Å². The van der Waals surface area contributed by atoms with E-state index in [0.717, 1.165) is 19.3 Å². The standard InChI is InChI=1S/C28H47N3O2/c1-2-3-4-5-6-7-8-9-10-11-12-13-14-15-16-17-18-23-19-27(32)31(28(23)33)26-21-24(29)20-25(30)22-26/h20-23H,2-19,29-30H2,1H3. The second-order valence-corrected chi connectivity index (χ2v) is 9.92. The average molecular weight is 458 g/mol. The summed E-state index contributed by atoms with van der Waals surface area (Å²) in [6.45, 7) is 2.27. The second-order valence-electron chi connectivity index (χ2n) is 9.92. The highest BCUT2D eigenvalue weighted by Gasteiger charge is 2.39. The van der Waals surface area contributed by atoms with Gasteiger partial charge in [0.15, 0.2) is 0 Å². The molecule has 0 radical (unpaired) electrons. The molecule has 2 amide bonds. The van der Waals surface area contributed by atoms with Crippen LogP contribution in [0, 0.1) is 5.92 Å². The molecule has 1 heterocycles. The first-order valence-electron chi connectivity index (χ1n) is 13.6. The van der Waals surface area contributed by atoms with Gasteiger partial charge in [-0.3, -0.25) is 14.5 Å². The van der Waals surface area contributed by atoms with Gasteiger partial charge in [0.05, 0.1) is 5.69 Å². The average Bonchev–Trinajstić information content (AvgIpc) is 3.05. The van der Waals surface area contributed by atoms with E-state index in [-0.39, 0.29) is 17.7 Å². The van der Waals surface area contributed by atoms with Crippen LogP contribution in [0.2, 0.25) is 0 Å². The number of hydrogen-bond acceptors (Lipinski definition) is 4. The molecular formula is C28H47N3O2. The van der Waals surface area contributed by atoms with Gasteiger partial charge in [-0.15, -0.1) is 0 Å². The Balaban J connectivity index is 1.46. The molecule has 5 heteroatoms. The van der Waals surface area contributed by atoms with Gasteiger partial charge < -0.3 is 11.5 Å². The van der Waals surface area contributed by atoms with Crippen molar-refractivity contribution in [1.29, 1.82) is 0 Å². The lowest BCUT2D eigenvalue weighted by atomic mass is 9.98. The van der Waals surface area contributed by atoms with Gasteiger partial charge in [-0.25, -0.2) is 0 Å². The van der Waals surface area contributed by atoms with E-state index >= 15 is 0 Å². The number of anilines is 3. The molecule has 1 aliphatic rings. The van der Waals surface area contributed by atoms with E-state index in [9.17, 15) is 9.59 Å². The summed E-state index contributed by atoms with van der Waals surface area (Å²) in [5.41, 5.74) is 13.1. The third-order valence-electron chi connectivity index (χ3n) is 6.87. The van der Waals surface area contributed by atoms with Crippen LogP contribution < -0.4 is 16.4 Å². The molecule has 186 valence electrons. The fourth-order valence-corrected chi connectivity index (χ4v) is 4.92. The first-order chi connectivity index (χ1) is 16.0. The first kappa shape index (κ1) is 27.2. The predicted octanol–water partition coefficient (Wildman–Crippen LogP) is 7.38. The van der Waals surface area contributed by atoms with Crippen molar-refractivity contribution in [1.82, 2.24) is 0 Å². The number of unbranched alkanes of at least 4 members (excludes halogenated alkanes) is 15. The van der Waals surface area contributed by atoms with E-state index in [4.69, 9.17) is 11.5 Å². The summed E-state index contributed by atoms with van der Waals surface area (Å²) in [6.07, 6.45) is 22.4. The Kier molecular flexibility index (Phi) is 13.0. The van der Waals surface area contributed by atoms with Gasteiger partial charge in [0.2, 0.25) is 11.8 Å². The Morgan fingerprint density at radius 1 is 0.697 bits per heavy atom. The molecule has 5 nitrogen and oxygen atoms in total.